The molecular formula is C20H17FN4S. The standard InChI is InChI=1S/C20H17FN4S/c21-20-6-5-19(11-16(20)12-22)25-14-17(13-23-25)15-1-3-18(4-2-15)24-7-9-26-10-8-24/h1-6,11,13-14H,7-10H2. The SMILES string of the molecule is N#Cc1cc(-n2cc(-c3ccc(N4CCSCC4)cc3)cn2)ccc1F. The lowest BCUT2D eigenvalue weighted by Crippen LogP contribution is -2.32. The lowest BCUT2D eigenvalue weighted by Gasteiger charge is -2.28. The average Bonchev–Trinajstić information content (AvgIpc) is 3.19. The summed E-state index contributed by atoms with van der Waals surface area (Å²) >= 11 is 2.00. The minimum atomic E-state index is -0.518. The number of benzene rings is 2. The highest BCUT2D eigenvalue weighted by Gasteiger charge is 2.12. The minimum absolute atomic E-state index is 0.0172. The lowest BCUT2D eigenvalue weighted by atomic mass is 10.1. The number of rotatable bonds is 3. The molecule has 3 aromatic rings. The maximum Gasteiger partial charge on any atom is 0.141 e. The summed E-state index contributed by atoms with van der Waals surface area (Å²) in [5.74, 6) is 1.84. The Morgan fingerprint density at radius 1 is 1.00 bits per heavy atom. The highest BCUT2D eigenvalue weighted by Crippen LogP contribution is 2.25. The third-order valence-corrected chi connectivity index (χ3v) is 5.44. The van der Waals surface area contributed by atoms with Crippen LogP contribution in [0.1, 0.15) is 5.56 Å². The number of aromatic nitrogens is 2. The lowest BCUT2D eigenvalue weighted by molar-refractivity contribution is 0.623. The van der Waals surface area contributed by atoms with Crippen LogP contribution >= 0.6 is 11.8 Å². The molecule has 0 saturated carbocycles. The van der Waals surface area contributed by atoms with E-state index in [1.807, 2.05) is 24.0 Å². The minimum Gasteiger partial charge on any atom is -0.370 e. The molecule has 4 rings (SSSR count). The number of thioether (sulfide) groups is 1. The van der Waals surface area contributed by atoms with Crippen molar-refractivity contribution in [2.24, 2.45) is 0 Å². The molecule has 1 aliphatic heterocycles. The second kappa shape index (κ2) is 7.22. The van der Waals surface area contributed by atoms with Crippen molar-refractivity contribution in [3.05, 3.63) is 66.2 Å². The summed E-state index contributed by atoms with van der Waals surface area (Å²) in [5, 5.41) is 13.3. The summed E-state index contributed by atoms with van der Waals surface area (Å²) in [6.07, 6.45) is 3.67. The first-order valence-electron chi connectivity index (χ1n) is 8.42. The van der Waals surface area contributed by atoms with Crippen molar-refractivity contribution in [3.63, 3.8) is 0 Å². The summed E-state index contributed by atoms with van der Waals surface area (Å²) in [4.78, 5) is 2.41. The summed E-state index contributed by atoms with van der Waals surface area (Å²) < 4.78 is 15.1. The van der Waals surface area contributed by atoms with Gasteiger partial charge in [0.25, 0.3) is 0 Å². The molecule has 6 heteroatoms. The molecule has 4 nitrogen and oxygen atoms in total. The highest BCUT2D eigenvalue weighted by atomic mass is 32.2. The number of nitriles is 1. The fraction of sp³-hybridized carbons (Fsp3) is 0.200. The fourth-order valence-electron chi connectivity index (χ4n) is 3.04. The second-order valence-electron chi connectivity index (χ2n) is 6.10. The van der Waals surface area contributed by atoms with E-state index >= 15 is 0 Å². The zero-order valence-electron chi connectivity index (χ0n) is 14.1. The molecule has 1 aromatic heterocycles. The molecule has 0 atom stereocenters. The fourth-order valence-corrected chi connectivity index (χ4v) is 3.94. The zero-order chi connectivity index (χ0) is 17.9. The molecule has 0 aliphatic carbocycles. The Balaban J connectivity index is 1.57. The van der Waals surface area contributed by atoms with Crippen molar-refractivity contribution in [2.45, 2.75) is 0 Å². The van der Waals surface area contributed by atoms with Gasteiger partial charge in [0.2, 0.25) is 0 Å². The Hall–Kier alpha value is -2.78. The van der Waals surface area contributed by atoms with Crippen LogP contribution in [0, 0.1) is 17.1 Å². The number of nitrogens with zero attached hydrogens (tertiary/aromatic N) is 4. The van der Waals surface area contributed by atoms with E-state index in [1.54, 1.807) is 16.9 Å². The Bertz CT molecular complexity index is 953. The number of hydrogen-bond donors (Lipinski definition) is 0. The normalized spacial score (nSPS) is 14.2. The van der Waals surface area contributed by atoms with Gasteiger partial charge in [0.1, 0.15) is 11.9 Å². The van der Waals surface area contributed by atoms with Crippen molar-refractivity contribution < 1.29 is 4.39 Å². The molecule has 0 radical (unpaired) electrons. The molecule has 26 heavy (non-hydrogen) atoms. The van der Waals surface area contributed by atoms with E-state index in [4.69, 9.17) is 5.26 Å². The van der Waals surface area contributed by atoms with Crippen molar-refractivity contribution in [3.8, 4) is 22.9 Å². The van der Waals surface area contributed by atoms with Crippen LogP contribution in [0.4, 0.5) is 10.1 Å². The second-order valence-corrected chi connectivity index (χ2v) is 7.32. The van der Waals surface area contributed by atoms with Gasteiger partial charge in [-0.2, -0.15) is 22.1 Å². The predicted octanol–water partition coefficient (Wildman–Crippen LogP) is 4.10. The molecule has 0 amide bonds. The van der Waals surface area contributed by atoms with Crippen LogP contribution in [-0.4, -0.2) is 34.4 Å². The maximum absolute atomic E-state index is 13.5. The first kappa shape index (κ1) is 16.7. The average molecular weight is 364 g/mol. The molecule has 0 spiro atoms. The molecule has 0 bridgehead atoms. The van der Waals surface area contributed by atoms with E-state index in [0.717, 1.165) is 24.2 Å². The molecule has 0 unspecified atom stereocenters. The number of anilines is 1. The summed E-state index contributed by atoms with van der Waals surface area (Å²) in [6.45, 7) is 2.18. The first-order valence-corrected chi connectivity index (χ1v) is 9.58. The van der Waals surface area contributed by atoms with Crippen molar-refractivity contribution in [2.75, 3.05) is 29.5 Å². The molecule has 130 valence electrons. The smallest absolute Gasteiger partial charge is 0.141 e. The Morgan fingerprint density at radius 3 is 2.46 bits per heavy atom. The third kappa shape index (κ3) is 3.31. The van der Waals surface area contributed by atoms with Gasteiger partial charge < -0.3 is 4.90 Å². The molecule has 1 aliphatic rings. The molecule has 1 saturated heterocycles. The van der Waals surface area contributed by atoms with E-state index in [1.165, 1.54) is 29.3 Å². The van der Waals surface area contributed by atoms with Gasteiger partial charge in [0, 0.05) is 42.0 Å². The van der Waals surface area contributed by atoms with Gasteiger partial charge in [0.15, 0.2) is 0 Å². The Morgan fingerprint density at radius 2 is 1.73 bits per heavy atom. The monoisotopic (exact) mass is 364 g/mol. The van der Waals surface area contributed by atoms with Gasteiger partial charge in [-0.3, -0.25) is 0 Å². The van der Waals surface area contributed by atoms with Crippen molar-refractivity contribution in [1.82, 2.24) is 9.78 Å². The van der Waals surface area contributed by atoms with E-state index in [-0.39, 0.29) is 5.56 Å². The van der Waals surface area contributed by atoms with Gasteiger partial charge >= 0.3 is 0 Å². The molecule has 1 fully saturated rings. The van der Waals surface area contributed by atoms with Crippen LogP contribution in [0.3, 0.4) is 0 Å². The summed E-state index contributed by atoms with van der Waals surface area (Å²) in [7, 11) is 0. The molecule has 0 N–H and O–H groups in total. The summed E-state index contributed by atoms with van der Waals surface area (Å²) in [5.41, 5.74) is 3.99. The largest absolute Gasteiger partial charge is 0.370 e. The van der Waals surface area contributed by atoms with Crippen LogP contribution in [0.2, 0.25) is 0 Å². The van der Waals surface area contributed by atoms with Crippen molar-refractivity contribution >= 4 is 17.4 Å². The highest BCUT2D eigenvalue weighted by molar-refractivity contribution is 7.99. The molecular weight excluding hydrogens is 347 g/mol. The topological polar surface area (TPSA) is 44.9 Å². The molecule has 2 heterocycles. The van der Waals surface area contributed by atoms with Gasteiger partial charge in [0.05, 0.1) is 17.4 Å². The molecule has 2 aromatic carbocycles. The van der Waals surface area contributed by atoms with Gasteiger partial charge in [-0.1, -0.05) is 12.1 Å². The Labute approximate surface area is 155 Å². The summed E-state index contributed by atoms with van der Waals surface area (Å²) in [6, 6.07) is 14.8. The van der Waals surface area contributed by atoms with Gasteiger partial charge in [-0.15, -0.1) is 0 Å². The number of hydrogen-bond acceptors (Lipinski definition) is 4. The quantitative estimate of drug-likeness (QED) is 0.702. The van der Waals surface area contributed by atoms with E-state index in [9.17, 15) is 4.39 Å². The zero-order valence-corrected chi connectivity index (χ0v) is 14.9. The Kier molecular flexibility index (Phi) is 4.63. The van der Waals surface area contributed by atoms with Gasteiger partial charge in [-0.25, -0.2) is 9.07 Å². The maximum atomic E-state index is 13.5. The number of halogens is 1. The van der Waals surface area contributed by atoms with Crippen molar-refractivity contribution in [1.29, 1.82) is 5.26 Å². The van der Waals surface area contributed by atoms with Crippen LogP contribution in [0.5, 0.6) is 0 Å². The van der Waals surface area contributed by atoms with Crippen LogP contribution < -0.4 is 4.90 Å². The van der Waals surface area contributed by atoms with E-state index < -0.39 is 5.82 Å². The van der Waals surface area contributed by atoms with Crippen LogP contribution in [-0.2, 0) is 0 Å². The van der Waals surface area contributed by atoms with E-state index in [0.29, 0.717) is 5.69 Å². The van der Waals surface area contributed by atoms with Crippen LogP contribution in [0.25, 0.3) is 16.8 Å². The van der Waals surface area contributed by atoms with Gasteiger partial charge in [-0.05, 0) is 35.9 Å². The predicted molar refractivity (Wildman–Crippen MR) is 103 cm³/mol. The van der Waals surface area contributed by atoms with E-state index in [2.05, 4.69) is 34.3 Å². The third-order valence-electron chi connectivity index (χ3n) is 4.49. The van der Waals surface area contributed by atoms with Crippen LogP contribution in [0.15, 0.2) is 54.9 Å². The first-order chi connectivity index (χ1) is 12.7.